The summed E-state index contributed by atoms with van der Waals surface area (Å²) in [5.41, 5.74) is 1.59. The van der Waals surface area contributed by atoms with Crippen LogP contribution in [-0.2, 0) is 20.6 Å². The van der Waals surface area contributed by atoms with Gasteiger partial charge in [0.25, 0.3) is 5.56 Å². The maximum atomic E-state index is 12.4. The first-order chi connectivity index (χ1) is 11.2. The van der Waals surface area contributed by atoms with E-state index in [9.17, 15) is 14.4 Å². The minimum absolute atomic E-state index is 0.206. The van der Waals surface area contributed by atoms with Gasteiger partial charge in [-0.15, -0.1) is 0 Å². The van der Waals surface area contributed by atoms with Crippen LogP contribution in [0.1, 0.15) is 33.6 Å². The lowest BCUT2D eigenvalue weighted by atomic mass is 10.1. The number of hydrogen-bond donors (Lipinski definition) is 1. The fourth-order valence-corrected chi connectivity index (χ4v) is 2.68. The SMILES string of the molecule is CC(C)=CCCC(C)=CCn1c(=O)n(C)c2c(=O)[nH]c(=O)n(C)c21. The maximum absolute atomic E-state index is 12.4. The molecule has 0 aliphatic rings. The number of nitrogens with one attached hydrogen (secondary N) is 1. The van der Waals surface area contributed by atoms with E-state index in [2.05, 4.69) is 24.9 Å². The molecule has 2 aromatic rings. The van der Waals surface area contributed by atoms with E-state index in [1.165, 1.54) is 26.3 Å². The Morgan fingerprint density at radius 1 is 1.04 bits per heavy atom. The minimum atomic E-state index is -0.546. The van der Waals surface area contributed by atoms with Crippen LogP contribution in [0.4, 0.5) is 0 Å². The van der Waals surface area contributed by atoms with Crippen molar-refractivity contribution in [3.63, 3.8) is 0 Å². The Labute approximate surface area is 139 Å². The molecule has 2 heterocycles. The van der Waals surface area contributed by atoms with Crippen molar-refractivity contribution in [3.05, 3.63) is 54.6 Å². The number of allylic oxidation sites excluding steroid dienone is 4. The predicted molar refractivity (Wildman–Crippen MR) is 95.5 cm³/mol. The molecule has 2 aromatic heterocycles. The molecule has 0 spiro atoms. The van der Waals surface area contributed by atoms with Crippen LogP contribution in [0.2, 0.25) is 0 Å². The Bertz CT molecular complexity index is 992. The number of aromatic nitrogens is 4. The van der Waals surface area contributed by atoms with Crippen molar-refractivity contribution in [1.29, 1.82) is 0 Å². The second-order valence-electron chi connectivity index (χ2n) is 6.31. The minimum Gasteiger partial charge on any atom is -0.289 e. The maximum Gasteiger partial charge on any atom is 0.330 e. The van der Waals surface area contributed by atoms with Gasteiger partial charge in [-0.3, -0.25) is 23.5 Å². The molecule has 7 nitrogen and oxygen atoms in total. The number of aromatic amines is 1. The van der Waals surface area contributed by atoms with Crippen molar-refractivity contribution in [3.8, 4) is 0 Å². The van der Waals surface area contributed by atoms with Gasteiger partial charge in [0, 0.05) is 20.6 Å². The molecule has 130 valence electrons. The van der Waals surface area contributed by atoms with Gasteiger partial charge in [-0.2, -0.15) is 0 Å². The Kier molecular flexibility index (Phi) is 5.11. The van der Waals surface area contributed by atoms with Gasteiger partial charge >= 0.3 is 11.4 Å². The molecule has 7 heteroatoms. The normalized spacial score (nSPS) is 12.0. The summed E-state index contributed by atoms with van der Waals surface area (Å²) in [7, 11) is 3.08. The van der Waals surface area contributed by atoms with Gasteiger partial charge in [0.05, 0.1) is 0 Å². The highest BCUT2D eigenvalue weighted by atomic mass is 16.2. The van der Waals surface area contributed by atoms with Crippen molar-refractivity contribution in [1.82, 2.24) is 18.7 Å². The van der Waals surface area contributed by atoms with Crippen LogP contribution in [0.5, 0.6) is 0 Å². The molecule has 0 fully saturated rings. The zero-order valence-corrected chi connectivity index (χ0v) is 14.8. The molecule has 0 radical (unpaired) electrons. The molecule has 0 amide bonds. The zero-order valence-electron chi connectivity index (χ0n) is 14.8. The highest BCUT2D eigenvalue weighted by molar-refractivity contribution is 5.70. The number of nitrogens with zero attached hydrogens (tertiary/aromatic N) is 3. The monoisotopic (exact) mass is 332 g/mol. The fourth-order valence-electron chi connectivity index (χ4n) is 2.68. The lowest BCUT2D eigenvalue weighted by molar-refractivity contribution is 0.717. The van der Waals surface area contributed by atoms with Crippen molar-refractivity contribution in [2.24, 2.45) is 14.1 Å². The van der Waals surface area contributed by atoms with Crippen LogP contribution in [-0.4, -0.2) is 18.7 Å². The molecule has 0 bridgehead atoms. The van der Waals surface area contributed by atoms with Gasteiger partial charge in [-0.1, -0.05) is 23.3 Å². The van der Waals surface area contributed by atoms with E-state index in [0.717, 1.165) is 18.4 Å². The summed E-state index contributed by atoms with van der Waals surface area (Å²) in [5.74, 6) is 0. The Morgan fingerprint density at radius 3 is 2.33 bits per heavy atom. The van der Waals surface area contributed by atoms with Crippen LogP contribution in [0.25, 0.3) is 11.2 Å². The second-order valence-corrected chi connectivity index (χ2v) is 6.31. The number of hydrogen-bond acceptors (Lipinski definition) is 3. The fraction of sp³-hybridized carbons (Fsp3) is 0.471. The Morgan fingerprint density at radius 2 is 1.71 bits per heavy atom. The second kappa shape index (κ2) is 6.90. The van der Waals surface area contributed by atoms with E-state index < -0.39 is 11.2 Å². The quantitative estimate of drug-likeness (QED) is 0.841. The van der Waals surface area contributed by atoms with Crippen molar-refractivity contribution < 1.29 is 0 Å². The molecule has 0 aliphatic carbocycles. The van der Waals surface area contributed by atoms with E-state index in [-0.39, 0.29) is 11.2 Å². The summed E-state index contributed by atoms with van der Waals surface area (Å²) in [6.07, 6.45) is 5.99. The summed E-state index contributed by atoms with van der Waals surface area (Å²) in [5, 5.41) is 0. The van der Waals surface area contributed by atoms with Gasteiger partial charge in [-0.05, 0) is 33.6 Å². The number of rotatable bonds is 5. The molecule has 0 saturated heterocycles. The Balaban J connectivity index is 2.45. The molecule has 0 saturated carbocycles. The van der Waals surface area contributed by atoms with E-state index in [4.69, 9.17) is 0 Å². The number of fused-ring (bicyclic) bond motifs is 1. The summed E-state index contributed by atoms with van der Waals surface area (Å²) >= 11 is 0. The summed E-state index contributed by atoms with van der Waals surface area (Å²) < 4.78 is 4.03. The van der Waals surface area contributed by atoms with Gasteiger partial charge in [0.2, 0.25) is 0 Å². The largest absolute Gasteiger partial charge is 0.330 e. The van der Waals surface area contributed by atoms with Gasteiger partial charge in [-0.25, -0.2) is 9.59 Å². The van der Waals surface area contributed by atoms with Crippen LogP contribution >= 0.6 is 0 Å². The van der Waals surface area contributed by atoms with Crippen molar-refractivity contribution >= 4 is 11.2 Å². The number of aryl methyl sites for hydroxylation is 2. The molecule has 2 rings (SSSR count). The number of H-pyrrole nitrogens is 1. The zero-order chi connectivity index (χ0) is 18.0. The smallest absolute Gasteiger partial charge is 0.289 e. The van der Waals surface area contributed by atoms with Gasteiger partial charge in [0.15, 0.2) is 11.2 Å². The molecule has 0 unspecified atom stereocenters. The molecular weight excluding hydrogens is 308 g/mol. The van der Waals surface area contributed by atoms with Gasteiger partial charge < -0.3 is 0 Å². The summed E-state index contributed by atoms with van der Waals surface area (Å²) in [4.78, 5) is 38.5. The third-order valence-corrected chi connectivity index (χ3v) is 4.09. The molecule has 1 N–H and O–H groups in total. The predicted octanol–water partition coefficient (Wildman–Crippen LogP) is 1.42. The lowest BCUT2D eigenvalue weighted by Gasteiger charge is -2.05. The molecule has 0 aliphatic heterocycles. The molecule has 0 aromatic carbocycles. The molecular formula is C17H24N4O3. The third kappa shape index (κ3) is 3.34. The van der Waals surface area contributed by atoms with Crippen LogP contribution in [0, 0.1) is 0 Å². The average Bonchev–Trinajstić information content (AvgIpc) is 2.75. The first-order valence-corrected chi connectivity index (χ1v) is 7.91. The summed E-state index contributed by atoms with van der Waals surface area (Å²) in [6.45, 7) is 6.47. The van der Waals surface area contributed by atoms with Crippen LogP contribution in [0.15, 0.2) is 37.7 Å². The van der Waals surface area contributed by atoms with Crippen LogP contribution in [0.3, 0.4) is 0 Å². The topological polar surface area (TPSA) is 81.8 Å². The van der Waals surface area contributed by atoms with Gasteiger partial charge in [0.1, 0.15) is 0 Å². The van der Waals surface area contributed by atoms with E-state index >= 15 is 0 Å². The first-order valence-electron chi connectivity index (χ1n) is 7.91. The van der Waals surface area contributed by atoms with E-state index in [0.29, 0.717) is 12.2 Å². The molecule has 24 heavy (non-hydrogen) atoms. The number of imidazole rings is 1. The standard InChI is InChI=1S/C17H24N4O3/c1-11(2)7-6-8-12(3)9-10-21-15-13(19(4)17(21)24)14(22)18-16(23)20(15)5/h7,9H,6,8,10H2,1-5H3,(H,18,22,23). The van der Waals surface area contributed by atoms with E-state index in [1.54, 1.807) is 7.05 Å². The summed E-state index contributed by atoms with van der Waals surface area (Å²) in [6, 6.07) is 0. The Hall–Kier alpha value is -2.57. The van der Waals surface area contributed by atoms with Crippen molar-refractivity contribution in [2.45, 2.75) is 40.2 Å². The average molecular weight is 332 g/mol. The highest BCUT2D eigenvalue weighted by Gasteiger charge is 2.16. The van der Waals surface area contributed by atoms with Crippen LogP contribution < -0.4 is 16.9 Å². The van der Waals surface area contributed by atoms with E-state index in [1.807, 2.05) is 13.0 Å². The highest BCUT2D eigenvalue weighted by Crippen LogP contribution is 2.09. The third-order valence-electron chi connectivity index (χ3n) is 4.09. The molecule has 0 atom stereocenters. The lowest BCUT2D eigenvalue weighted by Crippen LogP contribution is -2.29. The first kappa shape index (κ1) is 17.8. The van der Waals surface area contributed by atoms with Crippen molar-refractivity contribution in [2.75, 3.05) is 0 Å².